The molecule has 148 valence electrons. The second-order valence-electron chi connectivity index (χ2n) is 6.13. The summed E-state index contributed by atoms with van der Waals surface area (Å²) in [4.78, 5) is 37.3. The van der Waals surface area contributed by atoms with E-state index in [1.807, 2.05) is 0 Å². The molecule has 1 atom stereocenters. The first-order valence-electron chi connectivity index (χ1n) is 8.92. The molecule has 0 aliphatic heterocycles. The molecule has 3 rings (SSSR count). The van der Waals surface area contributed by atoms with Crippen LogP contribution in [0.3, 0.4) is 0 Å². The summed E-state index contributed by atoms with van der Waals surface area (Å²) < 4.78 is 22.2. The van der Waals surface area contributed by atoms with Gasteiger partial charge in [-0.3, -0.25) is 9.59 Å². The molecule has 0 spiro atoms. The Labute approximate surface area is 196 Å². The van der Waals surface area contributed by atoms with Gasteiger partial charge in [-0.25, -0.2) is 4.57 Å². The Morgan fingerprint density at radius 1 is 0.867 bits per heavy atom. The number of carbonyl (C=O) groups excluding carboxylic acids is 2. The summed E-state index contributed by atoms with van der Waals surface area (Å²) in [6.45, 7) is 1.63. The minimum atomic E-state index is -4.80. The van der Waals surface area contributed by atoms with Crippen LogP contribution in [-0.4, -0.2) is 11.6 Å². The fourth-order valence-corrected chi connectivity index (χ4v) is 3.48. The summed E-state index contributed by atoms with van der Waals surface area (Å²) in [7, 11) is -4.80. The van der Waals surface area contributed by atoms with Crippen molar-refractivity contribution in [3.05, 3.63) is 95.6 Å². The number of phosphoric acid groups is 1. The third-order valence-corrected chi connectivity index (χ3v) is 4.92. The number of phosphoric ester groups is 1. The van der Waals surface area contributed by atoms with Crippen molar-refractivity contribution in [1.82, 2.24) is 0 Å². The number of para-hydroxylation sites is 1. The third kappa shape index (κ3) is 6.14. The van der Waals surface area contributed by atoms with Gasteiger partial charge in [-0.1, -0.05) is 55.5 Å². The van der Waals surface area contributed by atoms with Crippen molar-refractivity contribution < 1.29 is 57.7 Å². The first kappa shape index (κ1) is 24.1. The molecule has 0 N–H and O–H groups in total. The van der Waals surface area contributed by atoms with E-state index in [2.05, 4.69) is 0 Å². The summed E-state index contributed by atoms with van der Waals surface area (Å²) in [6, 6.07) is 20.5. The van der Waals surface area contributed by atoms with Crippen LogP contribution >= 0.6 is 7.82 Å². The van der Waals surface area contributed by atoms with Gasteiger partial charge < -0.3 is 13.9 Å². The molecular weight excluding hydrogens is 414 g/mol. The Balaban J connectivity index is 0.00000320. The predicted octanol–water partition coefficient (Wildman–Crippen LogP) is 1.44. The molecule has 0 saturated heterocycles. The van der Waals surface area contributed by atoms with E-state index in [9.17, 15) is 19.0 Å². The quantitative estimate of drug-likeness (QED) is 0.304. The molecule has 0 amide bonds. The number of benzene rings is 3. The smallest absolute Gasteiger partial charge is 0.736 e. The van der Waals surface area contributed by atoms with Gasteiger partial charge in [-0.2, -0.15) is 0 Å². The van der Waals surface area contributed by atoms with Crippen molar-refractivity contribution in [3.63, 3.8) is 0 Å². The van der Waals surface area contributed by atoms with E-state index in [0.29, 0.717) is 5.56 Å². The van der Waals surface area contributed by atoms with Crippen LogP contribution in [0.15, 0.2) is 78.9 Å². The van der Waals surface area contributed by atoms with Crippen LogP contribution in [0.5, 0.6) is 11.5 Å². The van der Waals surface area contributed by atoms with Gasteiger partial charge in [-0.15, -0.1) is 0 Å². The number of hydrogen-bond donors (Lipinski definition) is 0. The normalized spacial score (nSPS) is 12.2. The van der Waals surface area contributed by atoms with Crippen molar-refractivity contribution in [1.29, 1.82) is 0 Å². The molecule has 0 fully saturated rings. The van der Waals surface area contributed by atoms with Crippen molar-refractivity contribution >= 4 is 19.4 Å². The van der Waals surface area contributed by atoms with Crippen LogP contribution in [0.2, 0.25) is 0 Å². The largest absolute Gasteiger partial charge is 1.00 e. The Kier molecular flexibility index (Phi) is 8.59. The number of Topliss-reactive ketones (excluding diaryl/α,β-unsaturated/α-hetero) is 1. The van der Waals surface area contributed by atoms with E-state index in [1.54, 1.807) is 55.5 Å². The van der Waals surface area contributed by atoms with E-state index in [0.717, 1.165) is 0 Å². The van der Waals surface area contributed by atoms with Crippen molar-refractivity contribution in [2.45, 2.75) is 13.3 Å². The maximum absolute atomic E-state index is 12.7. The second-order valence-corrected chi connectivity index (χ2v) is 7.39. The average Bonchev–Trinajstić information content (AvgIpc) is 2.73. The summed E-state index contributed by atoms with van der Waals surface area (Å²) in [6.07, 6.45) is 0.113. The topological polar surface area (TPSA) is 92.7 Å². The monoisotopic (exact) mass is 432 g/mol. The van der Waals surface area contributed by atoms with Gasteiger partial charge in [0.05, 0.1) is 5.56 Å². The third-order valence-electron chi connectivity index (χ3n) is 4.07. The molecule has 0 aliphatic carbocycles. The maximum atomic E-state index is 12.7. The van der Waals surface area contributed by atoms with Crippen LogP contribution in [0.1, 0.15) is 39.6 Å². The summed E-state index contributed by atoms with van der Waals surface area (Å²) >= 11 is 0. The Morgan fingerprint density at radius 2 is 1.47 bits per heavy atom. The maximum Gasteiger partial charge on any atom is 1.00 e. The molecule has 0 saturated carbocycles. The van der Waals surface area contributed by atoms with Gasteiger partial charge in [0.1, 0.15) is 11.5 Å². The van der Waals surface area contributed by atoms with Gasteiger partial charge in [0, 0.05) is 17.5 Å². The molecule has 0 bridgehead atoms. The van der Waals surface area contributed by atoms with E-state index in [4.69, 9.17) is 9.05 Å². The standard InChI is InChI=1S/C22H19O6P.Na/c1-2-20(23)19-15-17(22(24)16-9-5-3-6-10-16)13-14-21(19)28-29(25,26)27-18-11-7-4-8-12-18;/h3-15H,2H2,1H3,(H,25,26);/q;+1/p-1. The van der Waals surface area contributed by atoms with Gasteiger partial charge in [0.15, 0.2) is 11.6 Å². The minimum absolute atomic E-state index is 0. The van der Waals surface area contributed by atoms with Crippen molar-refractivity contribution in [2.24, 2.45) is 0 Å². The fraction of sp³-hybridized carbons (Fsp3) is 0.0909. The number of hydrogen-bond acceptors (Lipinski definition) is 6. The van der Waals surface area contributed by atoms with E-state index >= 15 is 0 Å². The molecule has 8 heteroatoms. The second kappa shape index (κ2) is 10.7. The summed E-state index contributed by atoms with van der Waals surface area (Å²) in [5.41, 5.74) is 0.713. The van der Waals surface area contributed by atoms with Gasteiger partial charge in [0.25, 0.3) is 0 Å². The van der Waals surface area contributed by atoms with Crippen LogP contribution < -0.4 is 43.5 Å². The average molecular weight is 432 g/mol. The molecule has 30 heavy (non-hydrogen) atoms. The molecule has 3 aromatic carbocycles. The zero-order chi connectivity index (χ0) is 20.9. The first-order valence-corrected chi connectivity index (χ1v) is 10.4. The Bertz CT molecular complexity index is 1070. The molecule has 3 aromatic rings. The molecule has 0 aliphatic rings. The van der Waals surface area contributed by atoms with E-state index in [1.165, 1.54) is 30.3 Å². The van der Waals surface area contributed by atoms with Crippen molar-refractivity contribution in [3.8, 4) is 11.5 Å². The first-order chi connectivity index (χ1) is 13.9. The summed E-state index contributed by atoms with van der Waals surface area (Å²) in [5, 5.41) is 0. The fourth-order valence-electron chi connectivity index (χ4n) is 2.66. The van der Waals surface area contributed by atoms with Crippen LogP contribution in [0, 0.1) is 0 Å². The van der Waals surface area contributed by atoms with Crippen LogP contribution in [0.25, 0.3) is 0 Å². The van der Waals surface area contributed by atoms with Gasteiger partial charge in [-0.05, 0) is 30.3 Å². The molecule has 0 heterocycles. The SMILES string of the molecule is CCC(=O)c1cc(C(=O)c2ccccc2)ccc1OP(=O)([O-])Oc1ccccc1.[Na+]. The number of ketones is 2. The predicted molar refractivity (Wildman–Crippen MR) is 106 cm³/mol. The van der Waals surface area contributed by atoms with Crippen molar-refractivity contribution in [2.75, 3.05) is 0 Å². The van der Waals surface area contributed by atoms with E-state index in [-0.39, 0.29) is 70.2 Å². The number of carbonyl (C=O) groups is 2. The van der Waals surface area contributed by atoms with Gasteiger partial charge in [0.2, 0.25) is 0 Å². The molecule has 0 aromatic heterocycles. The zero-order valence-corrected chi connectivity index (χ0v) is 19.5. The minimum Gasteiger partial charge on any atom is -0.736 e. The molecule has 6 nitrogen and oxygen atoms in total. The molecular formula is C22H18NaO6P. The molecule has 1 unspecified atom stereocenters. The zero-order valence-electron chi connectivity index (χ0n) is 16.6. The molecule has 0 radical (unpaired) electrons. The summed E-state index contributed by atoms with van der Waals surface area (Å²) in [5.74, 6) is -0.739. The Hall–Kier alpha value is -2.21. The van der Waals surface area contributed by atoms with Gasteiger partial charge >= 0.3 is 37.4 Å². The Morgan fingerprint density at radius 3 is 2.07 bits per heavy atom. The van der Waals surface area contributed by atoms with E-state index < -0.39 is 7.82 Å². The van der Waals surface area contributed by atoms with Crippen LogP contribution in [-0.2, 0) is 4.57 Å². The number of rotatable bonds is 8. The van der Waals surface area contributed by atoms with Crippen LogP contribution in [0.4, 0.5) is 0 Å².